The quantitative estimate of drug-likeness (QED) is 0.803. The van der Waals surface area contributed by atoms with Gasteiger partial charge in [-0.05, 0) is 31.9 Å². The van der Waals surface area contributed by atoms with Crippen molar-refractivity contribution in [1.82, 2.24) is 0 Å². The molecule has 0 aliphatic rings. The minimum Gasteiger partial charge on any atom is -0.328 e. The zero-order chi connectivity index (χ0) is 12.3. The van der Waals surface area contributed by atoms with Crippen molar-refractivity contribution >= 4 is 5.78 Å². The normalized spacial score (nSPS) is 12.6. The number of aryl methyl sites for hydroxylation is 1. The number of hydrogen-bond acceptors (Lipinski definition) is 2. The maximum absolute atomic E-state index is 13.5. The molecule has 0 heterocycles. The molecular weight excluding hydrogens is 212 g/mol. The van der Waals surface area contributed by atoms with Crippen LogP contribution in [0.3, 0.4) is 0 Å². The van der Waals surface area contributed by atoms with Crippen LogP contribution in [0.15, 0.2) is 12.1 Å². The molecule has 1 rings (SSSR count). The van der Waals surface area contributed by atoms with Crippen LogP contribution in [0.4, 0.5) is 8.78 Å². The monoisotopic (exact) mass is 227 g/mol. The molecule has 0 aromatic heterocycles. The Morgan fingerprint density at radius 2 is 2.06 bits per heavy atom. The fourth-order valence-corrected chi connectivity index (χ4v) is 1.40. The number of hydrogen-bond donors (Lipinski definition) is 1. The molecule has 16 heavy (non-hydrogen) atoms. The molecule has 1 unspecified atom stereocenters. The number of halogens is 2. The summed E-state index contributed by atoms with van der Waals surface area (Å²) in [6.45, 7) is 3.24. The fourth-order valence-electron chi connectivity index (χ4n) is 1.40. The van der Waals surface area contributed by atoms with Gasteiger partial charge >= 0.3 is 0 Å². The maximum atomic E-state index is 13.5. The highest BCUT2D eigenvalue weighted by Crippen LogP contribution is 2.18. The van der Waals surface area contributed by atoms with Gasteiger partial charge in [0.1, 0.15) is 11.6 Å². The average Bonchev–Trinajstić information content (AvgIpc) is 2.21. The van der Waals surface area contributed by atoms with Crippen LogP contribution in [0.2, 0.25) is 0 Å². The van der Waals surface area contributed by atoms with Gasteiger partial charge in [-0.1, -0.05) is 6.07 Å². The van der Waals surface area contributed by atoms with Gasteiger partial charge in [-0.2, -0.15) is 0 Å². The summed E-state index contributed by atoms with van der Waals surface area (Å²) in [5, 5.41) is 0. The van der Waals surface area contributed by atoms with E-state index in [9.17, 15) is 13.6 Å². The van der Waals surface area contributed by atoms with Gasteiger partial charge in [0.05, 0.1) is 5.56 Å². The van der Waals surface area contributed by atoms with Crippen molar-refractivity contribution in [2.45, 2.75) is 32.7 Å². The predicted octanol–water partition coefficient (Wildman–Crippen LogP) is 2.58. The van der Waals surface area contributed by atoms with Gasteiger partial charge in [0.2, 0.25) is 0 Å². The van der Waals surface area contributed by atoms with Crippen LogP contribution in [0.1, 0.15) is 35.7 Å². The summed E-state index contributed by atoms with van der Waals surface area (Å²) in [5.41, 5.74) is 5.31. The van der Waals surface area contributed by atoms with E-state index in [2.05, 4.69) is 0 Å². The van der Waals surface area contributed by atoms with Crippen LogP contribution < -0.4 is 5.73 Å². The van der Waals surface area contributed by atoms with Crippen molar-refractivity contribution in [2.75, 3.05) is 0 Å². The topological polar surface area (TPSA) is 43.1 Å². The number of rotatable bonds is 4. The zero-order valence-corrected chi connectivity index (χ0v) is 9.39. The number of ketones is 1. The van der Waals surface area contributed by atoms with Gasteiger partial charge in [-0.3, -0.25) is 4.79 Å². The first-order valence-electron chi connectivity index (χ1n) is 5.17. The van der Waals surface area contributed by atoms with E-state index in [4.69, 9.17) is 5.73 Å². The standard InChI is InChI=1S/C12H15F2NO/c1-7-3-5-9(13)11(12(7)14)10(16)6-4-8(2)15/h3,5,8H,4,6,15H2,1-2H3. The van der Waals surface area contributed by atoms with Crippen LogP contribution in [0.5, 0.6) is 0 Å². The fraction of sp³-hybridized carbons (Fsp3) is 0.417. The van der Waals surface area contributed by atoms with Gasteiger partial charge in [0.25, 0.3) is 0 Å². The molecule has 0 bridgehead atoms. The summed E-state index contributed by atoms with van der Waals surface area (Å²) >= 11 is 0. The number of nitrogens with two attached hydrogens (primary N) is 1. The molecule has 0 saturated carbocycles. The van der Waals surface area contributed by atoms with Crippen LogP contribution in [0, 0.1) is 18.6 Å². The average molecular weight is 227 g/mol. The molecule has 0 aliphatic carbocycles. The third-order valence-corrected chi connectivity index (χ3v) is 2.39. The number of carbonyl (C=O) groups is 1. The molecule has 1 aromatic carbocycles. The van der Waals surface area contributed by atoms with Crippen molar-refractivity contribution in [3.63, 3.8) is 0 Å². The van der Waals surface area contributed by atoms with Crippen LogP contribution in [0.25, 0.3) is 0 Å². The second kappa shape index (κ2) is 5.16. The minimum atomic E-state index is -0.808. The van der Waals surface area contributed by atoms with E-state index in [0.717, 1.165) is 6.07 Å². The third-order valence-electron chi connectivity index (χ3n) is 2.39. The first-order valence-corrected chi connectivity index (χ1v) is 5.17. The van der Waals surface area contributed by atoms with E-state index in [0.29, 0.717) is 6.42 Å². The molecular formula is C12H15F2NO. The first-order chi connectivity index (χ1) is 7.43. The Hall–Kier alpha value is -1.29. The van der Waals surface area contributed by atoms with E-state index in [1.165, 1.54) is 13.0 Å². The highest BCUT2D eigenvalue weighted by Gasteiger charge is 2.18. The largest absolute Gasteiger partial charge is 0.328 e. The molecule has 0 fully saturated rings. The van der Waals surface area contributed by atoms with E-state index in [1.807, 2.05) is 0 Å². The van der Waals surface area contributed by atoms with E-state index in [-0.39, 0.29) is 18.0 Å². The van der Waals surface area contributed by atoms with Crippen molar-refractivity contribution in [3.8, 4) is 0 Å². The number of benzene rings is 1. The molecule has 1 aromatic rings. The van der Waals surface area contributed by atoms with Crippen LogP contribution >= 0.6 is 0 Å². The molecule has 88 valence electrons. The molecule has 2 N–H and O–H groups in total. The summed E-state index contributed by atoms with van der Waals surface area (Å²) in [6.07, 6.45) is 0.487. The Morgan fingerprint density at radius 1 is 1.44 bits per heavy atom. The molecule has 0 amide bonds. The Labute approximate surface area is 93.5 Å². The Morgan fingerprint density at radius 3 is 2.62 bits per heavy atom. The lowest BCUT2D eigenvalue weighted by Gasteiger charge is -2.07. The van der Waals surface area contributed by atoms with Crippen LogP contribution in [-0.4, -0.2) is 11.8 Å². The summed E-state index contributed by atoms with van der Waals surface area (Å²) < 4.78 is 26.9. The second-order valence-corrected chi connectivity index (χ2v) is 3.99. The van der Waals surface area contributed by atoms with Gasteiger partial charge in [-0.15, -0.1) is 0 Å². The Kier molecular flexibility index (Phi) is 4.12. The third kappa shape index (κ3) is 2.85. The van der Waals surface area contributed by atoms with Gasteiger partial charge in [0, 0.05) is 12.5 Å². The molecule has 0 spiro atoms. The number of Topliss-reactive ketones (excluding diaryl/α,β-unsaturated/α-hetero) is 1. The van der Waals surface area contributed by atoms with Crippen molar-refractivity contribution in [2.24, 2.45) is 5.73 Å². The lowest BCUT2D eigenvalue weighted by atomic mass is 10.0. The summed E-state index contributed by atoms with van der Waals surface area (Å²) in [7, 11) is 0. The van der Waals surface area contributed by atoms with E-state index < -0.39 is 23.0 Å². The lowest BCUT2D eigenvalue weighted by Crippen LogP contribution is -2.17. The molecule has 1 atom stereocenters. The maximum Gasteiger partial charge on any atom is 0.168 e. The van der Waals surface area contributed by atoms with Gasteiger partial charge < -0.3 is 5.73 Å². The van der Waals surface area contributed by atoms with Crippen LogP contribution in [-0.2, 0) is 0 Å². The summed E-state index contributed by atoms with van der Waals surface area (Å²) in [5.74, 6) is -2.11. The van der Waals surface area contributed by atoms with E-state index in [1.54, 1.807) is 6.92 Å². The highest BCUT2D eigenvalue weighted by atomic mass is 19.1. The molecule has 0 aliphatic heterocycles. The molecule has 0 radical (unpaired) electrons. The number of carbonyl (C=O) groups excluding carboxylic acids is 1. The minimum absolute atomic E-state index is 0.0644. The van der Waals surface area contributed by atoms with Gasteiger partial charge in [0.15, 0.2) is 5.78 Å². The van der Waals surface area contributed by atoms with Crippen molar-refractivity contribution < 1.29 is 13.6 Å². The van der Waals surface area contributed by atoms with E-state index >= 15 is 0 Å². The Bertz CT molecular complexity index is 402. The molecule has 4 heteroatoms. The second-order valence-electron chi connectivity index (χ2n) is 3.99. The van der Waals surface area contributed by atoms with Gasteiger partial charge in [-0.25, -0.2) is 8.78 Å². The SMILES string of the molecule is Cc1ccc(F)c(C(=O)CCC(C)N)c1F. The predicted molar refractivity (Wildman–Crippen MR) is 58.3 cm³/mol. The zero-order valence-electron chi connectivity index (χ0n) is 9.39. The summed E-state index contributed by atoms with van der Waals surface area (Å²) in [4.78, 5) is 11.6. The smallest absolute Gasteiger partial charge is 0.168 e. The Balaban J connectivity index is 2.95. The van der Waals surface area contributed by atoms with Crippen molar-refractivity contribution in [3.05, 3.63) is 34.9 Å². The molecule has 0 saturated heterocycles. The lowest BCUT2D eigenvalue weighted by molar-refractivity contribution is 0.0969. The first kappa shape index (κ1) is 12.8. The summed E-state index contributed by atoms with van der Waals surface area (Å²) in [6, 6.07) is 2.27. The molecule has 2 nitrogen and oxygen atoms in total. The highest BCUT2D eigenvalue weighted by molar-refractivity contribution is 5.96. The van der Waals surface area contributed by atoms with Crippen molar-refractivity contribution in [1.29, 1.82) is 0 Å².